The first-order chi connectivity index (χ1) is 17.3. The second-order valence-corrected chi connectivity index (χ2v) is 8.33. The molecule has 12 heteroatoms. The predicted octanol–water partition coefficient (Wildman–Crippen LogP) is 5.56. The molecule has 0 aliphatic carbocycles. The summed E-state index contributed by atoms with van der Waals surface area (Å²) in [5.74, 6) is 0.0968. The lowest BCUT2D eigenvalue weighted by Gasteiger charge is -2.05. The van der Waals surface area contributed by atoms with Gasteiger partial charge in [-0.2, -0.15) is 0 Å². The van der Waals surface area contributed by atoms with Crippen LogP contribution in [0.2, 0.25) is 0 Å². The monoisotopic (exact) mass is 506 g/mol. The largest absolute Gasteiger partial charge is 0.497 e. The Hall–Kier alpha value is -4.84. The number of non-ortho nitro benzene ring substituents is 1. The summed E-state index contributed by atoms with van der Waals surface area (Å²) in [7, 11) is 2.86. The minimum atomic E-state index is -0.631. The second kappa shape index (κ2) is 10.2. The van der Waals surface area contributed by atoms with Crippen molar-refractivity contribution in [1.29, 1.82) is 0 Å². The van der Waals surface area contributed by atoms with Gasteiger partial charge in [0.1, 0.15) is 5.75 Å². The minimum absolute atomic E-state index is 0.0352. The van der Waals surface area contributed by atoms with Crippen LogP contribution in [0.4, 0.5) is 16.5 Å². The zero-order valence-electron chi connectivity index (χ0n) is 19.0. The van der Waals surface area contributed by atoms with Crippen molar-refractivity contribution in [2.45, 2.75) is 0 Å². The van der Waals surface area contributed by atoms with Gasteiger partial charge >= 0.3 is 5.69 Å². The van der Waals surface area contributed by atoms with E-state index in [9.17, 15) is 25.0 Å². The van der Waals surface area contributed by atoms with Gasteiger partial charge in [0.15, 0.2) is 10.9 Å². The van der Waals surface area contributed by atoms with Crippen LogP contribution >= 0.6 is 11.3 Å². The molecule has 1 heterocycles. The molecule has 0 fully saturated rings. The first-order valence-electron chi connectivity index (χ1n) is 10.3. The number of nitro groups is 2. The first kappa shape index (κ1) is 24.3. The van der Waals surface area contributed by atoms with Crippen molar-refractivity contribution < 1.29 is 24.1 Å². The normalized spacial score (nSPS) is 10.5. The van der Waals surface area contributed by atoms with Crippen molar-refractivity contribution in [3.8, 4) is 33.2 Å². The van der Waals surface area contributed by atoms with Gasteiger partial charge in [0, 0.05) is 29.3 Å². The van der Waals surface area contributed by atoms with Crippen LogP contribution < -0.4 is 14.8 Å². The van der Waals surface area contributed by atoms with Gasteiger partial charge < -0.3 is 9.47 Å². The summed E-state index contributed by atoms with van der Waals surface area (Å²) < 4.78 is 10.2. The molecule has 182 valence electrons. The standard InChI is InChI=1S/C24H18N4O7S/c1-34-18-10-5-14(6-11-18)21-22(15-3-8-17(9-4-15)27(30)31)36-24(25-21)26-23(29)16-7-12-20(35-2)19(13-16)28(32)33/h3-13H,1-2H3,(H,25,26,29). The van der Waals surface area contributed by atoms with Crippen LogP contribution in [0.1, 0.15) is 10.4 Å². The molecule has 0 aliphatic rings. The van der Waals surface area contributed by atoms with Crippen molar-refractivity contribution in [2.75, 3.05) is 19.5 Å². The van der Waals surface area contributed by atoms with E-state index in [1.165, 1.54) is 42.7 Å². The van der Waals surface area contributed by atoms with Crippen LogP contribution in [-0.2, 0) is 0 Å². The van der Waals surface area contributed by atoms with Gasteiger partial charge in [-0.1, -0.05) is 11.3 Å². The number of methoxy groups -OCH3 is 2. The molecular weight excluding hydrogens is 488 g/mol. The van der Waals surface area contributed by atoms with Crippen molar-refractivity contribution in [3.05, 3.63) is 92.5 Å². The van der Waals surface area contributed by atoms with Gasteiger partial charge in [-0.3, -0.25) is 30.3 Å². The Balaban J connectivity index is 1.72. The number of benzene rings is 3. The number of amides is 1. The van der Waals surface area contributed by atoms with Gasteiger partial charge in [-0.05, 0) is 54.1 Å². The highest BCUT2D eigenvalue weighted by atomic mass is 32.1. The number of thiazole rings is 1. The molecule has 0 aliphatic heterocycles. The van der Waals surface area contributed by atoms with Crippen molar-refractivity contribution in [2.24, 2.45) is 0 Å². The molecule has 0 bridgehead atoms. The smallest absolute Gasteiger partial charge is 0.311 e. The molecule has 1 amide bonds. The van der Waals surface area contributed by atoms with E-state index < -0.39 is 15.8 Å². The Labute approximate surface area is 208 Å². The predicted molar refractivity (Wildman–Crippen MR) is 134 cm³/mol. The fourth-order valence-electron chi connectivity index (χ4n) is 3.39. The number of aromatic nitrogens is 1. The molecule has 36 heavy (non-hydrogen) atoms. The van der Waals surface area contributed by atoms with E-state index in [0.29, 0.717) is 21.9 Å². The number of rotatable bonds is 8. The number of carbonyl (C=O) groups is 1. The lowest BCUT2D eigenvalue weighted by Crippen LogP contribution is -2.12. The SMILES string of the molecule is COc1ccc(-c2nc(NC(=O)c3ccc(OC)c([N+](=O)[O-])c3)sc2-c2ccc([N+](=O)[O-])cc2)cc1. The van der Waals surface area contributed by atoms with Crippen molar-refractivity contribution in [3.63, 3.8) is 0 Å². The quantitative estimate of drug-likeness (QED) is 0.241. The molecule has 1 aromatic heterocycles. The number of anilines is 1. The lowest BCUT2D eigenvalue weighted by molar-refractivity contribution is -0.385. The number of nitrogens with zero attached hydrogens (tertiary/aromatic N) is 3. The third kappa shape index (κ3) is 4.98. The van der Waals surface area contributed by atoms with Crippen LogP contribution in [0.25, 0.3) is 21.7 Å². The molecule has 0 atom stereocenters. The molecule has 3 aromatic carbocycles. The molecular formula is C24H18N4O7S. The highest BCUT2D eigenvalue weighted by Crippen LogP contribution is 2.40. The Morgan fingerprint density at radius 2 is 1.56 bits per heavy atom. The number of nitrogens with one attached hydrogen (secondary N) is 1. The summed E-state index contributed by atoms with van der Waals surface area (Å²) in [6.45, 7) is 0. The van der Waals surface area contributed by atoms with Crippen molar-refractivity contribution in [1.82, 2.24) is 4.98 Å². The van der Waals surface area contributed by atoms with E-state index in [0.717, 1.165) is 11.6 Å². The molecule has 4 rings (SSSR count). The Kier molecular flexibility index (Phi) is 6.88. The maximum absolute atomic E-state index is 12.9. The average Bonchev–Trinajstić information content (AvgIpc) is 3.31. The fraction of sp³-hybridized carbons (Fsp3) is 0.0833. The third-order valence-electron chi connectivity index (χ3n) is 5.19. The number of hydrogen-bond donors (Lipinski definition) is 1. The maximum atomic E-state index is 12.9. The van der Waals surface area contributed by atoms with Crippen molar-refractivity contribution >= 4 is 33.8 Å². The zero-order valence-corrected chi connectivity index (χ0v) is 19.8. The van der Waals surface area contributed by atoms with E-state index >= 15 is 0 Å². The minimum Gasteiger partial charge on any atom is -0.497 e. The highest BCUT2D eigenvalue weighted by molar-refractivity contribution is 7.19. The van der Waals surface area contributed by atoms with Gasteiger partial charge in [-0.15, -0.1) is 0 Å². The van der Waals surface area contributed by atoms with Crippen LogP contribution in [-0.4, -0.2) is 35.0 Å². The molecule has 0 radical (unpaired) electrons. The molecule has 1 N–H and O–H groups in total. The van der Waals surface area contributed by atoms with E-state index in [1.54, 1.807) is 43.5 Å². The number of ether oxygens (including phenoxy) is 2. The molecule has 0 spiro atoms. The number of hydrogen-bond acceptors (Lipinski definition) is 9. The summed E-state index contributed by atoms with van der Waals surface area (Å²) in [6.07, 6.45) is 0. The fourth-order valence-corrected chi connectivity index (χ4v) is 4.38. The van der Waals surface area contributed by atoms with Gasteiger partial charge in [0.2, 0.25) is 0 Å². The highest BCUT2D eigenvalue weighted by Gasteiger charge is 2.21. The van der Waals surface area contributed by atoms with E-state index in [1.807, 2.05) is 0 Å². The molecule has 0 saturated carbocycles. The molecule has 11 nitrogen and oxygen atoms in total. The topological polar surface area (TPSA) is 147 Å². The second-order valence-electron chi connectivity index (χ2n) is 7.33. The maximum Gasteiger partial charge on any atom is 0.311 e. The van der Waals surface area contributed by atoms with Gasteiger partial charge in [-0.25, -0.2) is 4.98 Å². The third-order valence-corrected chi connectivity index (χ3v) is 6.21. The Bertz CT molecular complexity index is 1450. The lowest BCUT2D eigenvalue weighted by atomic mass is 10.1. The summed E-state index contributed by atoms with van der Waals surface area (Å²) in [4.78, 5) is 39.4. The Morgan fingerprint density at radius 1 is 0.889 bits per heavy atom. The van der Waals surface area contributed by atoms with E-state index in [-0.39, 0.29) is 27.8 Å². The molecule has 0 saturated heterocycles. The zero-order chi connectivity index (χ0) is 25.8. The Morgan fingerprint density at radius 3 is 2.14 bits per heavy atom. The van der Waals surface area contributed by atoms with Gasteiger partial charge in [0.25, 0.3) is 11.6 Å². The summed E-state index contributed by atoms with van der Waals surface area (Å²) in [5, 5.41) is 25.3. The summed E-state index contributed by atoms with van der Waals surface area (Å²) >= 11 is 1.17. The van der Waals surface area contributed by atoms with Crippen LogP contribution in [0.3, 0.4) is 0 Å². The van der Waals surface area contributed by atoms with Crippen LogP contribution in [0.15, 0.2) is 66.7 Å². The average molecular weight is 506 g/mol. The summed E-state index contributed by atoms with van der Waals surface area (Å²) in [5.41, 5.74) is 1.62. The summed E-state index contributed by atoms with van der Waals surface area (Å²) in [6, 6.07) is 17.0. The first-order valence-corrected chi connectivity index (χ1v) is 11.2. The number of nitro benzene ring substituents is 2. The van der Waals surface area contributed by atoms with E-state index in [2.05, 4.69) is 10.3 Å². The molecule has 0 unspecified atom stereocenters. The molecule has 4 aromatic rings. The van der Waals surface area contributed by atoms with E-state index in [4.69, 9.17) is 9.47 Å². The van der Waals surface area contributed by atoms with Gasteiger partial charge in [0.05, 0.1) is 34.6 Å². The van der Waals surface area contributed by atoms with Crippen LogP contribution in [0.5, 0.6) is 11.5 Å². The number of carbonyl (C=O) groups excluding carboxylic acids is 1. The van der Waals surface area contributed by atoms with Crippen LogP contribution in [0, 0.1) is 20.2 Å².